The number of rotatable bonds is 3. The Morgan fingerprint density at radius 3 is 2.71 bits per heavy atom. The zero-order valence-electron chi connectivity index (χ0n) is 9.41. The van der Waals surface area contributed by atoms with E-state index in [1.54, 1.807) is 25.1 Å². The van der Waals surface area contributed by atoms with E-state index in [4.69, 9.17) is 16.3 Å². The summed E-state index contributed by atoms with van der Waals surface area (Å²) in [4.78, 5) is 0. The molecular formula is C14H12ClFO. The van der Waals surface area contributed by atoms with Gasteiger partial charge in [-0.15, -0.1) is 0 Å². The van der Waals surface area contributed by atoms with E-state index in [2.05, 4.69) is 0 Å². The van der Waals surface area contributed by atoms with Crippen LogP contribution in [0.25, 0.3) is 0 Å². The van der Waals surface area contributed by atoms with Crippen molar-refractivity contribution in [1.29, 1.82) is 0 Å². The van der Waals surface area contributed by atoms with Crippen LogP contribution in [-0.2, 0) is 6.61 Å². The van der Waals surface area contributed by atoms with Gasteiger partial charge in [-0.25, -0.2) is 4.39 Å². The minimum Gasteiger partial charge on any atom is -0.489 e. The molecule has 1 nitrogen and oxygen atoms in total. The Kier molecular flexibility index (Phi) is 3.64. The molecule has 0 aliphatic carbocycles. The topological polar surface area (TPSA) is 9.23 Å². The van der Waals surface area contributed by atoms with Gasteiger partial charge in [-0.2, -0.15) is 0 Å². The summed E-state index contributed by atoms with van der Waals surface area (Å²) in [5.41, 5.74) is 1.57. The van der Waals surface area contributed by atoms with Crippen molar-refractivity contribution >= 4 is 11.6 Å². The zero-order chi connectivity index (χ0) is 12.3. The highest BCUT2D eigenvalue weighted by molar-refractivity contribution is 6.30. The maximum absolute atomic E-state index is 13.3. The Bertz CT molecular complexity index is 525. The summed E-state index contributed by atoms with van der Waals surface area (Å²) in [5, 5.41) is 0.668. The van der Waals surface area contributed by atoms with Gasteiger partial charge in [0.25, 0.3) is 0 Å². The Morgan fingerprint density at radius 2 is 2.00 bits per heavy atom. The third-order valence-electron chi connectivity index (χ3n) is 2.44. The van der Waals surface area contributed by atoms with Gasteiger partial charge in [-0.05, 0) is 36.2 Å². The summed E-state index contributed by atoms with van der Waals surface area (Å²) in [5.74, 6) is 0.265. The second kappa shape index (κ2) is 5.19. The van der Waals surface area contributed by atoms with Crippen molar-refractivity contribution in [1.82, 2.24) is 0 Å². The van der Waals surface area contributed by atoms with Crippen LogP contribution in [0.15, 0.2) is 42.5 Å². The van der Waals surface area contributed by atoms with Gasteiger partial charge in [-0.3, -0.25) is 0 Å². The standard InChI is InChI=1S/C14H12ClFO/c1-10-5-6-13(8-14(10)16)17-9-11-3-2-4-12(15)7-11/h2-8H,9H2,1H3. The van der Waals surface area contributed by atoms with Crippen LogP contribution in [0, 0.1) is 12.7 Å². The first kappa shape index (κ1) is 11.9. The lowest BCUT2D eigenvalue weighted by Crippen LogP contribution is -1.96. The van der Waals surface area contributed by atoms with Crippen molar-refractivity contribution in [3.63, 3.8) is 0 Å². The monoisotopic (exact) mass is 250 g/mol. The predicted octanol–water partition coefficient (Wildman–Crippen LogP) is 4.37. The largest absolute Gasteiger partial charge is 0.489 e. The van der Waals surface area contributed by atoms with Crippen molar-refractivity contribution in [3.05, 3.63) is 64.4 Å². The minimum atomic E-state index is -0.256. The SMILES string of the molecule is Cc1ccc(OCc2cccc(Cl)c2)cc1F. The molecule has 0 aliphatic rings. The van der Waals surface area contributed by atoms with Gasteiger partial charge >= 0.3 is 0 Å². The Morgan fingerprint density at radius 1 is 1.18 bits per heavy atom. The smallest absolute Gasteiger partial charge is 0.129 e. The molecule has 0 heterocycles. The second-order valence-corrected chi connectivity index (χ2v) is 4.27. The highest BCUT2D eigenvalue weighted by atomic mass is 35.5. The van der Waals surface area contributed by atoms with Crippen LogP contribution in [0.1, 0.15) is 11.1 Å². The normalized spacial score (nSPS) is 10.3. The number of aryl methyl sites for hydroxylation is 1. The number of ether oxygens (including phenoxy) is 1. The van der Waals surface area contributed by atoms with Crippen molar-refractivity contribution in [3.8, 4) is 5.75 Å². The highest BCUT2D eigenvalue weighted by Gasteiger charge is 2.01. The van der Waals surface area contributed by atoms with Crippen molar-refractivity contribution in [2.45, 2.75) is 13.5 Å². The molecule has 2 aromatic carbocycles. The van der Waals surface area contributed by atoms with Gasteiger partial charge in [0.1, 0.15) is 18.2 Å². The number of halogens is 2. The molecule has 0 N–H and O–H groups in total. The molecule has 0 spiro atoms. The Labute approximate surface area is 105 Å². The molecule has 2 rings (SSSR count). The lowest BCUT2D eigenvalue weighted by Gasteiger charge is -2.07. The van der Waals surface area contributed by atoms with E-state index in [-0.39, 0.29) is 5.82 Å². The molecule has 0 radical (unpaired) electrons. The van der Waals surface area contributed by atoms with Crippen molar-refractivity contribution in [2.75, 3.05) is 0 Å². The zero-order valence-corrected chi connectivity index (χ0v) is 10.2. The summed E-state index contributed by atoms with van der Waals surface area (Å²) in [7, 11) is 0. The van der Waals surface area contributed by atoms with Crippen LogP contribution in [0.3, 0.4) is 0 Å². The fourth-order valence-electron chi connectivity index (χ4n) is 1.46. The third kappa shape index (κ3) is 3.21. The van der Waals surface area contributed by atoms with E-state index in [0.29, 0.717) is 22.9 Å². The molecule has 88 valence electrons. The van der Waals surface area contributed by atoms with E-state index < -0.39 is 0 Å². The Balaban J connectivity index is 2.05. The van der Waals surface area contributed by atoms with Crippen molar-refractivity contribution in [2.24, 2.45) is 0 Å². The molecular weight excluding hydrogens is 239 g/mol. The van der Waals surface area contributed by atoms with E-state index in [1.807, 2.05) is 18.2 Å². The molecule has 0 unspecified atom stereocenters. The number of hydrogen-bond donors (Lipinski definition) is 0. The van der Waals surface area contributed by atoms with E-state index >= 15 is 0 Å². The first-order chi connectivity index (χ1) is 8.15. The quantitative estimate of drug-likeness (QED) is 0.786. The molecule has 0 aliphatic heterocycles. The fraction of sp³-hybridized carbons (Fsp3) is 0.143. The van der Waals surface area contributed by atoms with Crippen LogP contribution >= 0.6 is 11.6 Å². The van der Waals surface area contributed by atoms with Crippen LogP contribution < -0.4 is 4.74 Å². The van der Waals surface area contributed by atoms with Crippen LogP contribution in [0.5, 0.6) is 5.75 Å². The predicted molar refractivity (Wildman–Crippen MR) is 66.9 cm³/mol. The van der Waals surface area contributed by atoms with Gasteiger partial charge < -0.3 is 4.74 Å². The van der Waals surface area contributed by atoms with E-state index in [0.717, 1.165) is 5.56 Å². The van der Waals surface area contributed by atoms with E-state index in [1.165, 1.54) is 6.07 Å². The molecule has 0 fully saturated rings. The Hall–Kier alpha value is -1.54. The number of hydrogen-bond acceptors (Lipinski definition) is 1. The molecule has 3 heteroatoms. The molecule has 0 saturated heterocycles. The molecule has 0 amide bonds. The number of benzene rings is 2. The lowest BCUT2D eigenvalue weighted by molar-refractivity contribution is 0.304. The minimum absolute atomic E-state index is 0.256. The van der Waals surface area contributed by atoms with Crippen LogP contribution in [0.2, 0.25) is 5.02 Å². The summed E-state index contributed by atoms with van der Waals surface area (Å²) in [6, 6.07) is 12.2. The second-order valence-electron chi connectivity index (χ2n) is 3.83. The first-order valence-corrected chi connectivity index (χ1v) is 5.66. The third-order valence-corrected chi connectivity index (χ3v) is 2.67. The molecule has 17 heavy (non-hydrogen) atoms. The van der Waals surface area contributed by atoms with Gasteiger partial charge in [0.2, 0.25) is 0 Å². The van der Waals surface area contributed by atoms with Gasteiger partial charge in [0.15, 0.2) is 0 Å². The van der Waals surface area contributed by atoms with Gasteiger partial charge in [-0.1, -0.05) is 29.8 Å². The summed E-state index contributed by atoms with van der Waals surface area (Å²) in [6.45, 7) is 2.10. The maximum atomic E-state index is 13.3. The first-order valence-electron chi connectivity index (χ1n) is 5.28. The maximum Gasteiger partial charge on any atom is 0.129 e. The molecule has 0 atom stereocenters. The van der Waals surface area contributed by atoms with Crippen LogP contribution in [-0.4, -0.2) is 0 Å². The molecule has 0 aromatic heterocycles. The average molecular weight is 251 g/mol. The summed E-state index contributed by atoms with van der Waals surface area (Å²) in [6.07, 6.45) is 0. The van der Waals surface area contributed by atoms with Gasteiger partial charge in [0.05, 0.1) is 0 Å². The molecule has 0 bridgehead atoms. The highest BCUT2D eigenvalue weighted by Crippen LogP contribution is 2.18. The van der Waals surface area contributed by atoms with Crippen LogP contribution in [0.4, 0.5) is 4.39 Å². The van der Waals surface area contributed by atoms with Gasteiger partial charge in [0, 0.05) is 11.1 Å². The summed E-state index contributed by atoms with van der Waals surface area (Å²) < 4.78 is 18.8. The average Bonchev–Trinajstić information content (AvgIpc) is 2.31. The van der Waals surface area contributed by atoms with Crippen molar-refractivity contribution < 1.29 is 9.13 Å². The molecule has 2 aromatic rings. The molecule has 0 saturated carbocycles. The van der Waals surface area contributed by atoms with E-state index in [9.17, 15) is 4.39 Å². The summed E-state index contributed by atoms with van der Waals surface area (Å²) >= 11 is 5.86. The lowest BCUT2D eigenvalue weighted by atomic mass is 10.2. The fourth-order valence-corrected chi connectivity index (χ4v) is 1.67.